The average molecular weight is 426 g/mol. The third-order valence-electron chi connectivity index (χ3n) is 4.33. The third-order valence-corrected chi connectivity index (χ3v) is 5.74. The highest BCUT2D eigenvalue weighted by molar-refractivity contribution is 7.92. The number of amides is 1. The van der Waals surface area contributed by atoms with Crippen LogP contribution in [0.5, 0.6) is 11.5 Å². The summed E-state index contributed by atoms with van der Waals surface area (Å²) >= 11 is 0. The lowest BCUT2D eigenvalue weighted by atomic mass is 10.2. The van der Waals surface area contributed by atoms with Crippen LogP contribution in [0.15, 0.2) is 77.7 Å². The Morgan fingerprint density at radius 3 is 2.37 bits per heavy atom. The number of rotatable bonds is 8. The molecule has 0 saturated heterocycles. The summed E-state index contributed by atoms with van der Waals surface area (Å²) in [4.78, 5) is 12.4. The van der Waals surface area contributed by atoms with Crippen LogP contribution in [0, 0.1) is 0 Å². The van der Waals surface area contributed by atoms with Crippen LogP contribution in [0.1, 0.15) is 15.9 Å². The number of anilines is 1. The van der Waals surface area contributed by atoms with Crippen molar-refractivity contribution in [1.82, 2.24) is 5.32 Å². The molecule has 0 aliphatic carbocycles. The van der Waals surface area contributed by atoms with Gasteiger partial charge in [0.15, 0.2) is 0 Å². The van der Waals surface area contributed by atoms with Gasteiger partial charge in [0.2, 0.25) is 0 Å². The molecule has 0 aliphatic heterocycles. The van der Waals surface area contributed by atoms with E-state index in [-0.39, 0.29) is 22.2 Å². The summed E-state index contributed by atoms with van der Waals surface area (Å²) in [6, 6.07) is 20.3. The standard InChI is InChI=1S/C22H22N2O5S/c1-28-19-11-12-20(29-2)21(14-19)30(26,27)24-18-10-6-9-17(13-18)22(25)23-15-16-7-4-3-5-8-16/h3-14,24H,15H2,1-2H3,(H,23,25). The Kier molecular flexibility index (Phi) is 6.58. The smallest absolute Gasteiger partial charge is 0.265 e. The molecule has 3 aromatic carbocycles. The highest BCUT2D eigenvalue weighted by Crippen LogP contribution is 2.29. The number of benzene rings is 3. The van der Waals surface area contributed by atoms with E-state index < -0.39 is 10.0 Å². The van der Waals surface area contributed by atoms with Gasteiger partial charge in [-0.25, -0.2) is 8.42 Å². The summed E-state index contributed by atoms with van der Waals surface area (Å²) < 4.78 is 38.6. The maximum Gasteiger partial charge on any atom is 0.265 e. The van der Waals surface area contributed by atoms with Gasteiger partial charge in [-0.05, 0) is 35.9 Å². The minimum absolute atomic E-state index is 0.0664. The fourth-order valence-corrected chi connectivity index (χ4v) is 4.04. The lowest BCUT2D eigenvalue weighted by Crippen LogP contribution is -2.23. The predicted molar refractivity (Wildman–Crippen MR) is 114 cm³/mol. The van der Waals surface area contributed by atoms with E-state index in [4.69, 9.17) is 9.47 Å². The Bertz CT molecular complexity index is 1130. The summed E-state index contributed by atoms with van der Waals surface area (Å²) in [7, 11) is -1.14. The first kappa shape index (κ1) is 21.2. The van der Waals surface area contributed by atoms with Gasteiger partial charge in [0.25, 0.3) is 15.9 Å². The fourth-order valence-electron chi connectivity index (χ4n) is 2.81. The van der Waals surface area contributed by atoms with Crippen LogP contribution in [-0.2, 0) is 16.6 Å². The number of nitrogens with one attached hydrogen (secondary N) is 2. The molecule has 8 heteroatoms. The van der Waals surface area contributed by atoms with Crippen molar-refractivity contribution in [1.29, 1.82) is 0 Å². The van der Waals surface area contributed by atoms with Crippen molar-refractivity contribution >= 4 is 21.6 Å². The molecule has 0 bridgehead atoms. The van der Waals surface area contributed by atoms with Crippen molar-refractivity contribution in [2.24, 2.45) is 0 Å². The van der Waals surface area contributed by atoms with Gasteiger partial charge in [0.05, 0.1) is 14.2 Å². The quantitative estimate of drug-likeness (QED) is 0.576. The Balaban J connectivity index is 1.78. The maximum absolute atomic E-state index is 12.9. The first-order chi connectivity index (χ1) is 14.4. The fraction of sp³-hybridized carbons (Fsp3) is 0.136. The second-order valence-electron chi connectivity index (χ2n) is 6.37. The Labute approximate surface area is 175 Å². The molecular formula is C22H22N2O5S. The summed E-state index contributed by atoms with van der Waals surface area (Å²) in [6.45, 7) is 0.372. The van der Waals surface area contributed by atoms with Gasteiger partial charge in [0, 0.05) is 23.9 Å². The van der Waals surface area contributed by atoms with Crippen molar-refractivity contribution < 1.29 is 22.7 Å². The molecule has 0 atom stereocenters. The lowest BCUT2D eigenvalue weighted by Gasteiger charge is -2.13. The van der Waals surface area contributed by atoms with E-state index in [2.05, 4.69) is 10.0 Å². The molecule has 3 aromatic rings. The van der Waals surface area contributed by atoms with E-state index in [0.29, 0.717) is 17.9 Å². The number of sulfonamides is 1. The van der Waals surface area contributed by atoms with Crippen LogP contribution in [0.2, 0.25) is 0 Å². The van der Waals surface area contributed by atoms with Crippen molar-refractivity contribution in [3.05, 3.63) is 83.9 Å². The molecule has 7 nitrogen and oxygen atoms in total. The number of ether oxygens (including phenoxy) is 2. The molecule has 156 valence electrons. The Morgan fingerprint density at radius 2 is 1.67 bits per heavy atom. The largest absolute Gasteiger partial charge is 0.497 e. The van der Waals surface area contributed by atoms with Gasteiger partial charge in [0.1, 0.15) is 16.4 Å². The first-order valence-electron chi connectivity index (χ1n) is 9.10. The van der Waals surface area contributed by atoms with Crippen molar-refractivity contribution in [3.8, 4) is 11.5 Å². The SMILES string of the molecule is COc1ccc(OC)c(S(=O)(=O)Nc2cccc(C(=O)NCc3ccccc3)c2)c1. The second-order valence-corrected chi connectivity index (χ2v) is 8.02. The molecule has 0 aliphatic rings. The van der Waals surface area contributed by atoms with E-state index in [1.54, 1.807) is 24.3 Å². The average Bonchev–Trinajstić information content (AvgIpc) is 2.77. The van der Waals surface area contributed by atoms with Crippen LogP contribution in [0.4, 0.5) is 5.69 Å². The van der Waals surface area contributed by atoms with Crippen molar-refractivity contribution in [2.45, 2.75) is 11.4 Å². The molecule has 0 radical (unpaired) electrons. The second kappa shape index (κ2) is 9.32. The van der Waals surface area contributed by atoms with Gasteiger partial charge in [-0.1, -0.05) is 36.4 Å². The molecule has 0 unspecified atom stereocenters. The molecule has 3 rings (SSSR count). The van der Waals surface area contributed by atoms with Gasteiger partial charge < -0.3 is 14.8 Å². The number of carbonyl (C=O) groups is 1. The Morgan fingerprint density at radius 1 is 0.900 bits per heavy atom. The van der Waals surface area contributed by atoms with Gasteiger partial charge in [-0.15, -0.1) is 0 Å². The first-order valence-corrected chi connectivity index (χ1v) is 10.6. The molecule has 0 aromatic heterocycles. The molecule has 0 spiro atoms. The van der Waals surface area contributed by atoms with E-state index in [9.17, 15) is 13.2 Å². The van der Waals surface area contributed by atoms with Crippen molar-refractivity contribution in [2.75, 3.05) is 18.9 Å². The highest BCUT2D eigenvalue weighted by atomic mass is 32.2. The Hall–Kier alpha value is -3.52. The van der Waals surface area contributed by atoms with Crippen LogP contribution in [0.3, 0.4) is 0 Å². The number of methoxy groups -OCH3 is 2. The topological polar surface area (TPSA) is 93.7 Å². The zero-order chi connectivity index (χ0) is 21.6. The minimum atomic E-state index is -3.97. The lowest BCUT2D eigenvalue weighted by molar-refractivity contribution is 0.0951. The normalized spacial score (nSPS) is 10.9. The van der Waals surface area contributed by atoms with Gasteiger partial charge >= 0.3 is 0 Å². The molecular weight excluding hydrogens is 404 g/mol. The zero-order valence-corrected chi connectivity index (χ0v) is 17.4. The maximum atomic E-state index is 12.9. The molecule has 1 amide bonds. The van der Waals surface area contributed by atoms with Crippen LogP contribution < -0.4 is 19.5 Å². The molecule has 0 fully saturated rings. The molecule has 2 N–H and O–H groups in total. The summed E-state index contributed by atoms with van der Waals surface area (Å²) in [5, 5.41) is 2.82. The van der Waals surface area contributed by atoms with E-state index in [0.717, 1.165) is 5.56 Å². The molecule has 0 saturated carbocycles. The summed E-state index contributed by atoms with van der Waals surface area (Å²) in [5.41, 5.74) is 1.56. The van der Waals surface area contributed by atoms with Crippen LogP contribution in [-0.4, -0.2) is 28.5 Å². The van der Waals surface area contributed by atoms with Crippen molar-refractivity contribution in [3.63, 3.8) is 0 Å². The van der Waals surface area contributed by atoms with E-state index in [1.165, 1.54) is 32.4 Å². The van der Waals surface area contributed by atoms with Gasteiger partial charge in [-0.3, -0.25) is 9.52 Å². The highest BCUT2D eigenvalue weighted by Gasteiger charge is 2.21. The van der Waals surface area contributed by atoms with E-state index in [1.807, 2.05) is 30.3 Å². The van der Waals surface area contributed by atoms with Gasteiger partial charge in [-0.2, -0.15) is 0 Å². The molecule has 30 heavy (non-hydrogen) atoms. The summed E-state index contributed by atoms with van der Waals surface area (Å²) in [6.07, 6.45) is 0. The minimum Gasteiger partial charge on any atom is -0.497 e. The van der Waals surface area contributed by atoms with Crippen LogP contribution in [0.25, 0.3) is 0 Å². The van der Waals surface area contributed by atoms with E-state index >= 15 is 0 Å². The number of hydrogen-bond acceptors (Lipinski definition) is 5. The molecule has 0 heterocycles. The monoisotopic (exact) mass is 426 g/mol. The van der Waals surface area contributed by atoms with Crippen LogP contribution >= 0.6 is 0 Å². The number of hydrogen-bond donors (Lipinski definition) is 2. The predicted octanol–water partition coefficient (Wildman–Crippen LogP) is 3.43. The zero-order valence-electron chi connectivity index (χ0n) is 16.6. The number of carbonyl (C=O) groups excluding carboxylic acids is 1. The summed E-state index contributed by atoms with van der Waals surface area (Å²) in [5.74, 6) is 0.254. The third kappa shape index (κ3) is 5.09.